The van der Waals surface area contributed by atoms with Crippen LogP contribution < -0.4 is 0 Å². The summed E-state index contributed by atoms with van der Waals surface area (Å²) < 4.78 is 5.56. The van der Waals surface area contributed by atoms with E-state index < -0.39 is 5.60 Å². The fourth-order valence-corrected chi connectivity index (χ4v) is 3.03. The predicted octanol–water partition coefficient (Wildman–Crippen LogP) is 6.08. The molecule has 0 saturated carbocycles. The van der Waals surface area contributed by atoms with Gasteiger partial charge in [0.05, 0.1) is 0 Å². The first kappa shape index (κ1) is 26.6. The van der Waals surface area contributed by atoms with Gasteiger partial charge in [0.2, 0.25) is 0 Å². The van der Waals surface area contributed by atoms with Crippen molar-refractivity contribution in [2.24, 2.45) is 0 Å². The Morgan fingerprint density at radius 3 is 1.36 bits per heavy atom. The van der Waals surface area contributed by atoms with Crippen LogP contribution in [0.4, 0.5) is 4.79 Å². The molecule has 0 spiro atoms. The number of hydrogen-bond acceptors (Lipinski definition) is 4. The Bertz CT molecular complexity index is 426. The average Bonchev–Trinajstić information content (AvgIpc) is 2.55. The Labute approximate surface area is 172 Å². The molecule has 5 heteroatoms. The Hall–Kier alpha value is -1.39. The van der Waals surface area contributed by atoms with E-state index in [9.17, 15) is 14.4 Å². The van der Waals surface area contributed by atoms with E-state index in [0.29, 0.717) is 12.8 Å². The molecular weight excluding hydrogens is 354 g/mol. The summed E-state index contributed by atoms with van der Waals surface area (Å²) >= 11 is 0. The monoisotopic (exact) mass is 397 g/mol. The maximum atomic E-state index is 12.5. The largest absolute Gasteiger partial charge is 0.444 e. The quantitative estimate of drug-likeness (QED) is 0.296. The molecule has 0 aromatic heterocycles. The molecule has 0 aliphatic heterocycles. The van der Waals surface area contributed by atoms with Gasteiger partial charge in [-0.05, 0) is 60.3 Å². The number of carbonyl (C=O) groups excluding carboxylic acids is 3. The number of hydrogen-bond donors (Lipinski definition) is 0. The summed E-state index contributed by atoms with van der Waals surface area (Å²) in [5.41, 5.74) is -0.477. The van der Waals surface area contributed by atoms with Crippen molar-refractivity contribution in [2.75, 3.05) is 13.1 Å². The molecule has 0 N–H and O–H groups in total. The van der Waals surface area contributed by atoms with Gasteiger partial charge in [0.1, 0.15) is 17.2 Å². The number of carbonyl (C=O) groups is 3. The lowest BCUT2D eigenvalue weighted by Crippen LogP contribution is -2.38. The van der Waals surface area contributed by atoms with Gasteiger partial charge < -0.3 is 19.2 Å². The van der Waals surface area contributed by atoms with Crippen molar-refractivity contribution < 1.29 is 19.1 Å². The molecule has 0 radical (unpaired) electrons. The van der Waals surface area contributed by atoms with Crippen LogP contribution in [0.15, 0.2) is 0 Å². The minimum Gasteiger partial charge on any atom is -0.444 e. The number of Topliss-reactive ketones (excluding diaryl/α,β-unsaturated/α-hetero) is 2. The van der Waals surface area contributed by atoms with Gasteiger partial charge in [0, 0.05) is 25.9 Å². The molecule has 1 amide bonds. The van der Waals surface area contributed by atoms with Crippen LogP contribution >= 0.6 is 0 Å². The van der Waals surface area contributed by atoms with Crippen LogP contribution in [0, 0.1) is 0 Å². The van der Waals surface area contributed by atoms with Crippen molar-refractivity contribution in [2.45, 2.75) is 117 Å². The molecule has 0 fully saturated rings. The summed E-state index contributed by atoms with van der Waals surface area (Å²) in [6.45, 7) is 10.4. The van der Waals surface area contributed by atoms with Crippen LogP contribution in [0.25, 0.3) is 0 Å². The van der Waals surface area contributed by atoms with E-state index in [1.54, 1.807) is 13.8 Å². The van der Waals surface area contributed by atoms with Gasteiger partial charge in [-0.2, -0.15) is 0 Å². The van der Waals surface area contributed by atoms with Crippen molar-refractivity contribution in [3.63, 3.8) is 0 Å². The van der Waals surface area contributed by atoms with Crippen molar-refractivity contribution in [3.05, 3.63) is 0 Å². The van der Waals surface area contributed by atoms with Gasteiger partial charge >= 0.3 is 6.09 Å². The molecule has 0 unspecified atom stereocenters. The minimum absolute atomic E-state index is 0.222. The van der Waals surface area contributed by atoms with Crippen molar-refractivity contribution in [3.8, 4) is 0 Å². The first-order valence-corrected chi connectivity index (χ1v) is 11.1. The van der Waals surface area contributed by atoms with Crippen LogP contribution in [-0.4, -0.2) is 41.3 Å². The molecule has 0 heterocycles. The first-order valence-electron chi connectivity index (χ1n) is 11.1. The highest BCUT2D eigenvalue weighted by Gasteiger charge is 2.21. The molecule has 0 aliphatic rings. The van der Waals surface area contributed by atoms with E-state index in [1.807, 2.05) is 25.7 Å². The molecule has 0 aromatic carbocycles. The second-order valence-corrected chi connectivity index (χ2v) is 8.91. The number of unbranched alkanes of at least 4 members (excludes halogenated alkanes) is 8. The summed E-state index contributed by atoms with van der Waals surface area (Å²) in [5, 5.41) is 0. The van der Waals surface area contributed by atoms with Crippen LogP contribution in [0.2, 0.25) is 0 Å². The highest BCUT2D eigenvalue weighted by Crippen LogP contribution is 2.14. The molecule has 0 aliphatic carbocycles. The number of nitrogens with zero attached hydrogens (tertiary/aromatic N) is 1. The predicted molar refractivity (Wildman–Crippen MR) is 115 cm³/mol. The molecule has 28 heavy (non-hydrogen) atoms. The van der Waals surface area contributed by atoms with Gasteiger partial charge in [0.15, 0.2) is 0 Å². The standard InChI is InChI=1S/C23H43NO4/c1-20(25)16-12-8-6-10-14-18-24(22(27)28-23(3,4)5)19-15-11-7-9-13-17-21(2)26/h6-19H2,1-5H3. The second-order valence-electron chi connectivity index (χ2n) is 8.91. The Morgan fingerprint density at radius 2 is 1.00 bits per heavy atom. The number of amides is 1. The zero-order valence-corrected chi connectivity index (χ0v) is 19.0. The molecule has 0 saturated heterocycles. The maximum Gasteiger partial charge on any atom is 0.410 e. The third-order valence-corrected chi connectivity index (χ3v) is 4.57. The number of ether oxygens (including phenoxy) is 1. The highest BCUT2D eigenvalue weighted by molar-refractivity contribution is 5.75. The summed E-state index contributed by atoms with van der Waals surface area (Å²) in [7, 11) is 0. The SMILES string of the molecule is CC(=O)CCCCCCCN(CCCCCCCC(C)=O)C(=O)OC(C)(C)C. The van der Waals surface area contributed by atoms with Crippen molar-refractivity contribution in [1.82, 2.24) is 4.90 Å². The van der Waals surface area contributed by atoms with Crippen LogP contribution in [0.1, 0.15) is 112 Å². The number of rotatable bonds is 16. The van der Waals surface area contributed by atoms with E-state index in [-0.39, 0.29) is 17.7 Å². The third kappa shape index (κ3) is 18.0. The zero-order valence-electron chi connectivity index (χ0n) is 19.0. The Kier molecular flexibility index (Phi) is 14.8. The summed E-state index contributed by atoms with van der Waals surface area (Å²) in [4.78, 5) is 36.2. The van der Waals surface area contributed by atoms with Crippen LogP contribution in [-0.2, 0) is 14.3 Å². The van der Waals surface area contributed by atoms with E-state index in [0.717, 1.165) is 77.3 Å². The Balaban J connectivity index is 4.13. The lowest BCUT2D eigenvalue weighted by atomic mass is 10.1. The maximum absolute atomic E-state index is 12.5. The Morgan fingerprint density at radius 1 is 0.643 bits per heavy atom. The molecule has 164 valence electrons. The second kappa shape index (κ2) is 15.5. The third-order valence-electron chi connectivity index (χ3n) is 4.57. The summed E-state index contributed by atoms with van der Waals surface area (Å²) in [5.74, 6) is 0.523. The van der Waals surface area contributed by atoms with Crippen LogP contribution in [0.5, 0.6) is 0 Å². The average molecular weight is 398 g/mol. The molecule has 0 aromatic rings. The molecule has 5 nitrogen and oxygen atoms in total. The van der Waals surface area contributed by atoms with E-state index in [4.69, 9.17) is 4.74 Å². The molecule has 0 rings (SSSR count). The number of ketones is 2. The lowest BCUT2D eigenvalue weighted by Gasteiger charge is -2.27. The fourth-order valence-electron chi connectivity index (χ4n) is 3.03. The summed E-state index contributed by atoms with van der Waals surface area (Å²) in [6, 6.07) is 0. The first-order chi connectivity index (χ1) is 13.1. The highest BCUT2D eigenvalue weighted by atomic mass is 16.6. The minimum atomic E-state index is -0.477. The van der Waals surface area contributed by atoms with Crippen molar-refractivity contribution in [1.29, 1.82) is 0 Å². The van der Waals surface area contributed by atoms with E-state index >= 15 is 0 Å². The van der Waals surface area contributed by atoms with Gasteiger partial charge in [-0.3, -0.25) is 0 Å². The molecular formula is C23H43NO4. The molecule has 0 atom stereocenters. The van der Waals surface area contributed by atoms with E-state index in [1.165, 1.54) is 0 Å². The summed E-state index contributed by atoms with van der Waals surface area (Å²) in [6.07, 6.45) is 11.5. The smallest absolute Gasteiger partial charge is 0.410 e. The normalized spacial score (nSPS) is 11.3. The lowest BCUT2D eigenvalue weighted by molar-refractivity contribution is -0.117. The van der Waals surface area contributed by atoms with Crippen LogP contribution in [0.3, 0.4) is 0 Å². The van der Waals surface area contributed by atoms with Gasteiger partial charge in [-0.25, -0.2) is 4.79 Å². The topological polar surface area (TPSA) is 63.7 Å². The molecule has 0 bridgehead atoms. The van der Waals surface area contributed by atoms with Gasteiger partial charge in [-0.1, -0.05) is 38.5 Å². The van der Waals surface area contributed by atoms with E-state index in [2.05, 4.69) is 0 Å². The zero-order chi connectivity index (χ0) is 21.4. The van der Waals surface area contributed by atoms with Gasteiger partial charge in [-0.15, -0.1) is 0 Å². The van der Waals surface area contributed by atoms with Crippen molar-refractivity contribution >= 4 is 17.7 Å². The van der Waals surface area contributed by atoms with Gasteiger partial charge in [0.25, 0.3) is 0 Å². The fraction of sp³-hybridized carbons (Fsp3) is 0.870.